The number of amides is 1. The highest BCUT2D eigenvalue weighted by Gasteiger charge is 2.26. The highest BCUT2D eigenvalue weighted by Crippen LogP contribution is 2.28. The maximum absolute atomic E-state index is 12.9. The van der Waals surface area contributed by atoms with Crippen LogP contribution in [0, 0.1) is 0 Å². The summed E-state index contributed by atoms with van der Waals surface area (Å²) in [6, 6.07) is 8.00. The van der Waals surface area contributed by atoms with E-state index in [0.29, 0.717) is 5.91 Å². The van der Waals surface area contributed by atoms with Gasteiger partial charge in [0.15, 0.2) is 0 Å². The molecule has 0 aliphatic carbocycles. The van der Waals surface area contributed by atoms with Gasteiger partial charge in [-0.25, -0.2) is 0 Å². The first-order valence-electron chi connectivity index (χ1n) is 8.19. The molecular weight excluding hydrogens is 262 g/mol. The van der Waals surface area contributed by atoms with E-state index in [1.807, 2.05) is 18.2 Å². The fourth-order valence-electron chi connectivity index (χ4n) is 3.03. The van der Waals surface area contributed by atoms with Gasteiger partial charge in [-0.05, 0) is 43.4 Å². The topological polar surface area (TPSA) is 29.5 Å². The zero-order chi connectivity index (χ0) is 15.1. The lowest BCUT2D eigenvalue weighted by Crippen LogP contribution is -2.38. The molecule has 1 atom stereocenters. The summed E-state index contributed by atoms with van der Waals surface area (Å²) in [5.74, 6) is 1.12. The van der Waals surface area contributed by atoms with Crippen molar-refractivity contribution in [2.75, 3.05) is 20.2 Å². The lowest BCUT2D eigenvalue weighted by atomic mass is 9.91. The summed E-state index contributed by atoms with van der Waals surface area (Å²) < 4.78 is 5.31. The van der Waals surface area contributed by atoms with Gasteiger partial charge in [0.05, 0.1) is 13.0 Å². The summed E-state index contributed by atoms with van der Waals surface area (Å²) >= 11 is 0. The van der Waals surface area contributed by atoms with Gasteiger partial charge in [-0.1, -0.05) is 31.9 Å². The van der Waals surface area contributed by atoms with Crippen molar-refractivity contribution in [3.8, 4) is 5.75 Å². The van der Waals surface area contributed by atoms with Crippen LogP contribution < -0.4 is 4.74 Å². The molecule has 0 saturated carbocycles. The van der Waals surface area contributed by atoms with Gasteiger partial charge in [0.25, 0.3) is 0 Å². The average molecular weight is 289 g/mol. The Bertz CT molecular complexity index is 452. The Labute approximate surface area is 128 Å². The monoisotopic (exact) mass is 289 g/mol. The molecular formula is C18H27NO2. The van der Waals surface area contributed by atoms with E-state index in [2.05, 4.69) is 17.9 Å². The van der Waals surface area contributed by atoms with Gasteiger partial charge in [0.1, 0.15) is 5.75 Å². The molecule has 0 aromatic heterocycles. The summed E-state index contributed by atoms with van der Waals surface area (Å²) in [7, 11) is 1.67. The van der Waals surface area contributed by atoms with Gasteiger partial charge >= 0.3 is 0 Å². The van der Waals surface area contributed by atoms with E-state index in [4.69, 9.17) is 4.74 Å². The molecule has 0 bridgehead atoms. The van der Waals surface area contributed by atoms with E-state index >= 15 is 0 Å². The quantitative estimate of drug-likeness (QED) is 0.792. The second kappa shape index (κ2) is 8.06. The normalized spacial score (nSPS) is 16.6. The number of hydrogen-bond donors (Lipinski definition) is 0. The second-order valence-electron chi connectivity index (χ2n) is 5.86. The Balaban J connectivity index is 2.17. The van der Waals surface area contributed by atoms with Gasteiger partial charge in [0, 0.05) is 13.1 Å². The highest BCUT2D eigenvalue weighted by atomic mass is 16.5. The average Bonchev–Trinajstić information content (AvgIpc) is 2.56. The molecule has 1 fully saturated rings. The number of carbonyl (C=O) groups is 1. The van der Waals surface area contributed by atoms with Crippen LogP contribution in [0.3, 0.4) is 0 Å². The molecule has 116 valence electrons. The maximum Gasteiger partial charge on any atom is 0.230 e. The molecule has 0 radical (unpaired) electrons. The highest BCUT2D eigenvalue weighted by molar-refractivity contribution is 5.84. The smallest absolute Gasteiger partial charge is 0.230 e. The van der Waals surface area contributed by atoms with Gasteiger partial charge in [-0.2, -0.15) is 0 Å². The molecule has 1 heterocycles. The SMILES string of the molecule is CCCCC(C(=O)N1CCCCC1)c1cccc(OC)c1. The Morgan fingerprint density at radius 2 is 2.05 bits per heavy atom. The third-order valence-corrected chi connectivity index (χ3v) is 4.31. The number of nitrogens with zero attached hydrogens (tertiary/aromatic N) is 1. The first-order chi connectivity index (χ1) is 10.3. The Morgan fingerprint density at radius 1 is 1.29 bits per heavy atom. The molecule has 1 unspecified atom stereocenters. The zero-order valence-electron chi connectivity index (χ0n) is 13.3. The summed E-state index contributed by atoms with van der Waals surface area (Å²) in [6.07, 6.45) is 6.67. The number of carbonyl (C=O) groups excluding carboxylic acids is 1. The number of ether oxygens (including phenoxy) is 1. The molecule has 0 spiro atoms. The zero-order valence-corrected chi connectivity index (χ0v) is 13.3. The Kier molecular flexibility index (Phi) is 6.09. The molecule has 1 saturated heterocycles. The van der Waals surface area contributed by atoms with Crippen molar-refractivity contribution in [1.82, 2.24) is 4.90 Å². The molecule has 1 aromatic carbocycles. The number of benzene rings is 1. The number of likely N-dealkylation sites (tertiary alicyclic amines) is 1. The van der Waals surface area contributed by atoms with Gasteiger partial charge < -0.3 is 9.64 Å². The van der Waals surface area contributed by atoms with Crippen LogP contribution in [0.5, 0.6) is 5.75 Å². The molecule has 2 rings (SSSR count). The Hall–Kier alpha value is -1.51. The summed E-state index contributed by atoms with van der Waals surface area (Å²) in [6.45, 7) is 4.02. The fourth-order valence-corrected chi connectivity index (χ4v) is 3.03. The molecule has 3 heteroatoms. The lowest BCUT2D eigenvalue weighted by Gasteiger charge is -2.30. The molecule has 0 N–H and O–H groups in total. The molecule has 21 heavy (non-hydrogen) atoms. The van der Waals surface area contributed by atoms with Gasteiger partial charge in [-0.15, -0.1) is 0 Å². The van der Waals surface area contributed by atoms with Crippen LogP contribution in [0.25, 0.3) is 0 Å². The van der Waals surface area contributed by atoms with Crippen LogP contribution in [0.15, 0.2) is 24.3 Å². The minimum atomic E-state index is -0.0156. The van der Waals surface area contributed by atoms with E-state index in [9.17, 15) is 4.79 Å². The predicted molar refractivity (Wildman–Crippen MR) is 85.7 cm³/mol. The van der Waals surface area contributed by atoms with Crippen molar-refractivity contribution in [3.63, 3.8) is 0 Å². The van der Waals surface area contributed by atoms with Crippen LogP contribution >= 0.6 is 0 Å². The third-order valence-electron chi connectivity index (χ3n) is 4.31. The molecule has 1 amide bonds. The van der Waals surface area contributed by atoms with Gasteiger partial charge in [-0.3, -0.25) is 4.79 Å². The fraction of sp³-hybridized carbons (Fsp3) is 0.611. The van der Waals surface area contributed by atoms with E-state index in [1.165, 1.54) is 6.42 Å². The molecule has 3 nitrogen and oxygen atoms in total. The van der Waals surface area contributed by atoms with Crippen molar-refractivity contribution >= 4 is 5.91 Å². The van der Waals surface area contributed by atoms with Crippen molar-refractivity contribution in [1.29, 1.82) is 0 Å². The summed E-state index contributed by atoms with van der Waals surface area (Å²) in [4.78, 5) is 14.9. The van der Waals surface area contributed by atoms with Gasteiger partial charge in [0.2, 0.25) is 5.91 Å². The van der Waals surface area contributed by atoms with Crippen molar-refractivity contribution in [3.05, 3.63) is 29.8 Å². The Morgan fingerprint density at radius 3 is 2.71 bits per heavy atom. The predicted octanol–water partition coefficient (Wildman–Crippen LogP) is 3.98. The van der Waals surface area contributed by atoms with Crippen LogP contribution in [0.1, 0.15) is 56.9 Å². The molecule has 1 aromatic rings. The first kappa shape index (κ1) is 15.9. The van der Waals surface area contributed by atoms with Crippen molar-refractivity contribution < 1.29 is 9.53 Å². The van der Waals surface area contributed by atoms with Crippen molar-refractivity contribution in [2.24, 2.45) is 0 Å². The minimum Gasteiger partial charge on any atom is -0.497 e. The van der Waals surface area contributed by atoms with Crippen LogP contribution in [0.2, 0.25) is 0 Å². The largest absolute Gasteiger partial charge is 0.497 e. The molecule has 1 aliphatic heterocycles. The summed E-state index contributed by atoms with van der Waals surface area (Å²) in [5, 5.41) is 0. The third kappa shape index (κ3) is 4.23. The lowest BCUT2D eigenvalue weighted by molar-refractivity contribution is -0.133. The number of unbranched alkanes of at least 4 members (excludes halogenated alkanes) is 1. The standard InChI is InChI=1S/C18H27NO2/c1-3-4-11-17(15-9-8-10-16(14-15)21-2)18(20)19-12-6-5-7-13-19/h8-10,14,17H,3-7,11-13H2,1-2H3. The maximum atomic E-state index is 12.9. The second-order valence-corrected chi connectivity index (χ2v) is 5.86. The van der Waals surface area contributed by atoms with Crippen LogP contribution in [0.4, 0.5) is 0 Å². The molecule has 1 aliphatic rings. The number of piperidine rings is 1. The first-order valence-corrected chi connectivity index (χ1v) is 8.19. The van der Waals surface area contributed by atoms with Crippen LogP contribution in [-0.2, 0) is 4.79 Å². The minimum absolute atomic E-state index is 0.0156. The van der Waals surface area contributed by atoms with E-state index in [-0.39, 0.29) is 5.92 Å². The number of methoxy groups -OCH3 is 1. The van der Waals surface area contributed by atoms with E-state index < -0.39 is 0 Å². The number of hydrogen-bond acceptors (Lipinski definition) is 2. The van der Waals surface area contributed by atoms with Crippen LogP contribution in [-0.4, -0.2) is 31.0 Å². The van der Waals surface area contributed by atoms with E-state index in [1.54, 1.807) is 7.11 Å². The number of rotatable bonds is 6. The van der Waals surface area contributed by atoms with E-state index in [0.717, 1.165) is 56.5 Å². The van der Waals surface area contributed by atoms with Crippen molar-refractivity contribution in [2.45, 2.75) is 51.4 Å². The summed E-state index contributed by atoms with van der Waals surface area (Å²) in [5.41, 5.74) is 1.10.